The Kier molecular flexibility index (Phi) is 6.01. The molecule has 3 heterocycles. The van der Waals surface area contributed by atoms with Gasteiger partial charge in [-0.05, 0) is 44.9 Å². The summed E-state index contributed by atoms with van der Waals surface area (Å²) in [6, 6.07) is 1.21. The van der Waals surface area contributed by atoms with E-state index < -0.39 is 0 Å². The molecule has 0 amide bonds. The summed E-state index contributed by atoms with van der Waals surface area (Å²) < 4.78 is 4.36. The largest absolute Gasteiger partial charge is 0.368 e. The molecular weight excluding hydrogens is 390 g/mol. The summed E-state index contributed by atoms with van der Waals surface area (Å²) in [6.45, 7) is 1.74. The number of nitrogens with one attached hydrogen (secondary N) is 2. The van der Waals surface area contributed by atoms with Crippen molar-refractivity contribution in [2.45, 2.75) is 82.5 Å². The fourth-order valence-electron chi connectivity index (χ4n) is 4.89. The molecule has 9 heteroatoms. The normalized spacial score (nSPS) is 22.2. The number of hydrogen-bond donors (Lipinski definition) is 3. The van der Waals surface area contributed by atoms with Crippen LogP contribution in [0.5, 0.6) is 0 Å². The van der Waals surface area contributed by atoms with Crippen LogP contribution in [0.4, 0.5) is 11.8 Å². The minimum absolute atomic E-state index is 0.331. The third-order valence-electron chi connectivity index (χ3n) is 6.69. The van der Waals surface area contributed by atoms with Crippen LogP contribution in [-0.2, 0) is 6.54 Å². The Hall–Kier alpha value is -2.68. The van der Waals surface area contributed by atoms with E-state index in [2.05, 4.69) is 24.8 Å². The van der Waals surface area contributed by atoms with Crippen LogP contribution < -0.4 is 16.4 Å². The molecular formula is C22H33N9. The van der Waals surface area contributed by atoms with Crippen molar-refractivity contribution in [3.05, 3.63) is 25.0 Å². The van der Waals surface area contributed by atoms with Gasteiger partial charge in [0.05, 0.1) is 12.7 Å². The lowest BCUT2D eigenvalue weighted by atomic mass is 9.92. The average molecular weight is 424 g/mol. The lowest BCUT2D eigenvalue weighted by Gasteiger charge is -2.27. The third kappa shape index (κ3) is 4.66. The number of fused-ring (bicyclic) bond motifs is 1. The molecule has 0 saturated heterocycles. The Morgan fingerprint density at radius 3 is 2.65 bits per heavy atom. The maximum atomic E-state index is 6.08. The zero-order valence-electron chi connectivity index (χ0n) is 18.1. The van der Waals surface area contributed by atoms with Crippen molar-refractivity contribution in [1.82, 2.24) is 29.1 Å². The molecule has 2 saturated carbocycles. The van der Waals surface area contributed by atoms with Crippen molar-refractivity contribution >= 4 is 22.9 Å². The van der Waals surface area contributed by atoms with Crippen molar-refractivity contribution < 1.29 is 0 Å². The van der Waals surface area contributed by atoms with Crippen LogP contribution in [-0.4, -0.2) is 47.7 Å². The number of nitrogens with zero attached hydrogens (tertiary/aromatic N) is 6. The number of hydrogen-bond acceptors (Lipinski definition) is 7. The van der Waals surface area contributed by atoms with Gasteiger partial charge in [-0.2, -0.15) is 9.97 Å². The Balaban J connectivity index is 1.35. The minimum atomic E-state index is 0.331. The highest BCUT2D eigenvalue weighted by molar-refractivity contribution is 5.84. The Labute approximate surface area is 182 Å². The number of imidazole rings is 2. The van der Waals surface area contributed by atoms with Gasteiger partial charge in [-0.25, -0.2) is 9.97 Å². The number of aromatic nitrogens is 6. The van der Waals surface area contributed by atoms with Gasteiger partial charge in [0.2, 0.25) is 5.95 Å². The number of rotatable bonds is 8. The molecule has 5 rings (SSSR count). The van der Waals surface area contributed by atoms with Gasteiger partial charge in [0.15, 0.2) is 17.0 Å². The quantitative estimate of drug-likeness (QED) is 0.477. The van der Waals surface area contributed by atoms with Crippen molar-refractivity contribution in [1.29, 1.82) is 0 Å². The van der Waals surface area contributed by atoms with Crippen LogP contribution in [0.2, 0.25) is 0 Å². The summed E-state index contributed by atoms with van der Waals surface area (Å²) in [7, 11) is 0. The Morgan fingerprint density at radius 2 is 1.87 bits per heavy atom. The van der Waals surface area contributed by atoms with Crippen LogP contribution >= 0.6 is 0 Å². The molecule has 31 heavy (non-hydrogen) atoms. The molecule has 3 aromatic rings. The van der Waals surface area contributed by atoms with Crippen LogP contribution in [0.15, 0.2) is 25.0 Å². The van der Waals surface area contributed by atoms with Gasteiger partial charge in [0, 0.05) is 43.6 Å². The predicted octanol–water partition coefficient (Wildman–Crippen LogP) is 3.32. The van der Waals surface area contributed by atoms with Crippen LogP contribution in [0.1, 0.15) is 63.8 Å². The van der Waals surface area contributed by atoms with E-state index in [1.165, 1.54) is 25.7 Å². The summed E-state index contributed by atoms with van der Waals surface area (Å²) >= 11 is 0. The smallest absolute Gasteiger partial charge is 0.227 e. The van der Waals surface area contributed by atoms with Crippen molar-refractivity contribution in [2.75, 3.05) is 17.2 Å². The number of nitrogens with two attached hydrogens (primary N) is 1. The van der Waals surface area contributed by atoms with E-state index in [0.29, 0.717) is 24.1 Å². The highest BCUT2D eigenvalue weighted by Gasteiger charge is 2.23. The molecule has 4 N–H and O–H groups in total. The van der Waals surface area contributed by atoms with Gasteiger partial charge in [0.1, 0.15) is 0 Å². The zero-order chi connectivity index (χ0) is 21.0. The van der Waals surface area contributed by atoms with Crippen molar-refractivity contribution in [3.63, 3.8) is 0 Å². The molecule has 0 bridgehead atoms. The van der Waals surface area contributed by atoms with Gasteiger partial charge < -0.3 is 25.5 Å². The van der Waals surface area contributed by atoms with Gasteiger partial charge in [0.25, 0.3) is 0 Å². The summed E-state index contributed by atoms with van der Waals surface area (Å²) in [4.78, 5) is 18.6. The van der Waals surface area contributed by atoms with Gasteiger partial charge >= 0.3 is 0 Å². The van der Waals surface area contributed by atoms with E-state index in [1.807, 2.05) is 25.0 Å². The molecule has 0 spiro atoms. The topological polar surface area (TPSA) is 112 Å². The van der Waals surface area contributed by atoms with E-state index in [0.717, 1.165) is 62.2 Å². The maximum absolute atomic E-state index is 6.08. The first-order valence-corrected chi connectivity index (χ1v) is 11.7. The van der Waals surface area contributed by atoms with Gasteiger partial charge in [-0.1, -0.05) is 12.8 Å². The van der Waals surface area contributed by atoms with Crippen molar-refractivity contribution in [3.8, 4) is 0 Å². The highest BCUT2D eigenvalue weighted by Crippen LogP contribution is 2.33. The second-order valence-corrected chi connectivity index (χ2v) is 9.00. The number of aryl methyl sites for hydroxylation is 1. The molecule has 0 aliphatic heterocycles. The summed E-state index contributed by atoms with van der Waals surface area (Å²) in [5, 5.41) is 7.10. The lowest BCUT2D eigenvalue weighted by Crippen LogP contribution is -2.33. The molecule has 3 aromatic heterocycles. The second-order valence-electron chi connectivity index (χ2n) is 9.00. The predicted molar refractivity (Wildman–Crippen MR) is 122 cm³/mol. The molecule has 2 fully saturated rings. The Morgan fingerprint density at radius 1 is 1.03 bits per heavy atom. The van der Waals surface area contributed by atoms with E-state index in [1.54, 1.807) is 0 Å². The third-order valence-corrected chi connectivity index (χ3v) is 6.69. The maximum Gasteiger partial charge on any atom is 0.227 e. The molecule has 2 aliphatic carbocycles. The zero-order valence-corrected chi connectivity index (χ0v) is 18.1. The fraction of sp³-hybridized carbons (Fsp3) is 0.636. The van der Waals surface area contributed by atoms with Gasteiger partial charge in [-0.3, -0.25) is 0 Å². The molecule has 166 valence electrons. The molecule has 0 radical (unpaired) electrons. The average Bonchev–Trinajstić information content (AvgIpc) is 3.54. The Bertz CT molecular complexity index is 966. The SMILES string of the molecule is NC1CCC(Nc2nc(NCCCn3ccnc3)c3ncn(C4CCCC4)c3n2)CC1. The molecule has 2 aliphatic rings. The summed E-state index contributed by atoms with van der Waals surface area (Å²) in [5.41, 5.74) is 7.89. The lowest BCUT2D eigenvalue weighted by molar-refractivity contribution is 0.410. The highest BCUT2D eigenvalue weighted by atomic mass is 15.2. The first-order valence-electron chi connectivity index (χ1n) is 11.7. The van der Waals surface area contributed by atoms with Crippen LogP contribution in [0, 0.1) is 0 Å². The van der Waals surface area contributed by atoms with E-state index in [-0.39, 0.29) is 0 Å². The van der Waals surface area contributed by atoms with Gasteiger partial charge in [-0.15, -0.1) is 0 Å². The second kappa shape index (κ2) is 9.21. The molecule has 0 atom stereocenters. The van der Waals surface area contributed by atoms with Crippen LogP contribution in [0.3, 0.4) is 0 Å². The first kappa shape index (κ1) is 20.2. The standard InChI is InChI=1S/C22H33N9/c23-16-6-8-17(9-7-16)27-22-28-20(25-10-3-12-30-13-11-24-14-30)19-21(29-22)31(15-26-19)18-4-1-2-5-18/h11,13-18H,1-10,12,23H2,(H2,25,27,28,29). The fourth-order valence-corrected chi connectivity index (χ4v) is 4.89. The van der Waals surface area contributed by atoms with E-state index in [9.17, 15) is 0 Å². The molecule has 0 unspecified atom stereocenters. The first-order chi connectivity index (χ1) is 15.3. The summed E-state index contributed by atoms with van der Waals surface area (Å²) in [6.07, 6.45) is 17.8. The van der Waals surface area contributed by atoms with Crippen LogP contribution in [0.25, 0.3) is 11.2 Å². The van der Waals surface area contributed by atoms with E-state index >= 15 is 0 Å². The monoisotopic (exact) mass is 423 g/mol. The van der Waals surface area contributed by atoms with Crippen molar-refractivity contribution in [2.24, 2.45) is 5.73 Å². The molecule has 9 nitrogen and oxygen atoms in total. The minimum Gasteiger partial charge on any atom is -0.368 e. The van der Waals surface area contributed by atoms with E-state index in [4.69, 9.17) is 20.7 Å². The summed E-state index contributed by atoms with van der Waals surface area (Å²) in [5.74, 6) is 1.52. The number of anilines is 2. The molecule has 0 aromatic carbocycles.